The summed E-state index contributed by atoms with van der Waals surface area (Å²) < 4.78 is 63.4. The van der Waals surface area contributed by atoms with Crippen LogP contribution >= 0.6 is 0 Å². The summed E-state index contributed by atoms with van der Waals surface area (Å²) in [6, 6.07) is 7.79. The normalized spacial score (nSPS) is 11.6. The Labute approximate surface area is 99.7 Å². The van der Waals surface area contributed by atoms with Crippen LogP contribution in [0.25, 0.3) is 11.1 Å². The van der Waals surface area contributed by atoms with E-state index < -0.39 is 23.4 Å². The molecule has 0 atom stereocenters. The lowest BCUT2D eigenvalue weighted by atomic mass is 10.0. The lowest BCUT2D eigenvalue weighted by Crippen LogP contribution is -2.04. The van der Waals surface area contributed by atoms with Crippen LogP contribution < -0.4 is 0 Å². The number of hydrogen-bond donors (Lipinski definition) is 0. The summed E-state index contributed by atoms with van der Waals surface area (Å²) in [4.78, 5) is 0. The topological polar surface area (TPSA) is 0 Å². The minimum absolute atomic E-state index is 0.0109. The van der Waals surface area contributed by atoms with Crippen molar-refractivity contribution in [2.75, 3.05) is 0 Å². The number of halogens is 5. The highest BCUT2D eigenvalue weighted by atomic mass is 19.4. The third-order valence-electron chi connectivity index (χ3n) is 2.30. The van der Waals surface area contributed by atoms with Crippen LogP contribution in [0, 0.1) is 17.7 Å². The Hall–Kier alpha value is -1.91. The van der Waals surface area contributed by atoms with Gasteiger partial charge in [-0.15, -0.1) is 0 Å². The fourth-order valence-electron chi connectivity index (χ4n) is 1.52. The maximum Gasteiger partial charge on any atom is 0.416 e. The minimum atomic E-state index is -4.50. The molecule has 2 aromatic carbocycles. The quantitative estimate of drug-likeness (QED) is 0.662. The predicted octanol–water partition coefficient (Wildman–Crippen LogP) is 4.45. The smallest absolute Gasteiger partial charge is 0.207 e. The summed E-state index contributed by atoms with van der Waals surface area (Å²) >= 11 is 0. The zero-order chi connectivity index (χ0) is 13.3. The number of alkyl halides is 3. The van der Waals surface area contributed by atoms with Gasteiger partial charge >= 0.3 is 6.18 Å². The van der Waals surface area contributed by atoms with E-state index in [1.807, 2.05) is 0 Å². The molecule has 0 saturated heterocycles. The van der Waals surface area contributed by atoms with Gasteiger partial charge in [-0.25, -0.2) is 8.78 Å². The molecule has 0 aliphatic rings. The third-order valence-corrected chi connectivity index (χ3v) is 2.30. The van der Waals surface area contributed by atoms with Crippen molar-refractivity contribution in [3.63, 3.8) is 0 Å². The average Bonchev–Trinajstić information content (AvgIpc) is 2.27. The van der Waals surface area contributed by atoms with E-state index in [-0.39, 0.29) is 11.1 Å². The zero-order valence-corrected chi connectivity index (χ0v) is 8.85. The van der Waals surface area contributed by atoms with Gasteiger partial charge in [0.05, 0.1) is 5.56 Å². The third kappa shape index (κ3) is 2.67. The van der Waals surface area contributed by atoms with Gasteiger partial charge in [0.2, 0.25) is 0 Å². The number of benzene rings is 2. The van der Waals surface area contributed by atoms with Crippen molar-refractivity contribution in [1.82, 2.24) is 0 Å². The average molecular weight is 257 g/mol. The van der Waals surface area contributed by atoms with Gasteiger partial charge < -0.3 is 0 Å². The Balaban J connectivity index is 2.51. The SMILES string of the molecule is Fc1cc(F)cc(-c2[c]ccc(C(F)(F)F)c2)c1. The molecule has 2 aromatic rings. The molecule has 5 heteroatoms. The van der Waals surface area contributed by atoms with E-state index in [0.717, 1.165) is 30.3 Å². The van der Waals surface area contributed by atoms with Crippen LogP contribution in [0.15, 0.2) is 36.4 Å². The molecule has 0 bridgehead atoms. The fraction of sp³-hybridized carbons (Fsp3) is 0.0769. The van der Waals surface area contributed by atoms with Gasteiger partial charge in [0.25, 0.3) is 0 Å². The summed E-state index contributed by atoms with van der Waals surface area (Å²) in [5.74, 6) is -1.70. The molecule has 0 fully saturated rings. The van der Waals surface area contributed by atoms with Crippen molar-refractivity contribution in [2.24, 2.45) is 0 Å². The lowest BCUT2D eigenvalue weighted by molar-refractivity contribution is -0.137. The van der Waals surface area contributed by atoms with Crippen LogP contribution in [0.3, 0.4) is 0 Å². The van der Waals surface area contributed by atoms with Crippen LogP contribution in [-0.2, 0) is 6.18 Å². The molecule has 0 aliphatic heterocycles. The summed E-state index contributed by atoms with van der Waals surface area (Å²) in [6.07, 6.45) is -4.50. The molecule has 0 nitrogen and oxygen atoms in total. The highest BCUT2D eigenvalue weighted by Crippen LogP contribution is 2.32. The first-order valence-corrected chi connectivity index (χ1v) is 4.91. The van der Waals surface area contributed by atoms with Crippen molar-refractivity contribution >= 4 is 0 Å². The van der Waals surface area contributed by atoms with Crippen LogP contribution in [0.2, 0.25) is 0 Å². The van der Waals surface area contributed by atoms with Crippen molar-refractivity contribution in [3.05, 3.63) is 59.7 Å². The molecule has 93 valence electrons. The van der Waals surface area contributed by atoms with Crippen molar-refractivity contribution in [2.45, 2.75) is 6.18 Å². The first kappa shape index (κ1) is 12.5. The Morgan fingerprint density at radius 1 is 0.889 bits per heavy atom. The van der Waals surface area contributed by atoms with Crippen LogP contribution in [-0.4, -0.2) is 0 Å². The van der Waals surface area contributed by atoms with Gasteiger partial charge in [0, 0.05) is 6.07 Å². The van der Waals surface area contributed by atoms with Crippen molar-refractivity contribution in [3.8, 4) is 11.1 Å². The lowest BCUT2D eigenvalue weighted by Gasteiger charge is -2.08. The van der Waals surface area contributed by atoms with Gasteiger partial charge in [-0.2, -0.15) is 13.2 Å². The Bertz CT molecular complexity index is 552. The van der Waals surface area contributed by atoms with Gasteiger partial charge in [-0.05, 0) is 41.5 Å². The predicted molar refractivity (Wildman–Crippen MR) is 55.6 cm³/mol. The number of hydrogen-bond acceptors (Lipinski definition) is 0. The van der Waals surface area contributed by atoms with Gasteiger partial charge in [0.1, 0.15) is 11.6 Å². The standard InChI is InChI=1S/C13H6F5/c14-11-5-9(6-12(15)7-11)8-2-1-3-10(4-8)13(16,17)18/h1,3-7H. The Kier molecular flexibility index (Phi) is 3.07. The molecule has 2 rings (SSSR count). The first-order chi connectivity index (χ1) is 8.36. The van der Waals surface area contributed by atoms with E-state index in [0.29, 0.717) is 6.07 Å². The highest BCUT2D eigenvalue weighted by Gasteiger charge is 2.30. The van der Waals surface area contributed by atoms with E-state index in [9.17, 15) is 22.0 Å². The highest BCUT2D eigenvalue weighted by molar-refractivity contribution is 5.63. The van der Waals surface area contributed by atoms with Crippen LogP contribution in [0.4, 0.5) is 22.0 Å². The maximum atomic E-state index is 13.0. The minimum Gasteiger partial charge on any atom is -0.207 e. The molecule has 1 radical (unpaired) electrons. The maximum absolute atomic E-state index is 13.0. The van der Waals surface area contributed by atoms with E-state index in [1.54, 1.807) is 0 Å². The van der Waals surface area contributed by atoms with Crippen LogP contribution in [0.1, 0.15) is 5.56 Å². The summed E-state index contributed by atoms with van der Waals surface area (Å²) in [5.41, 5.74) is -0.886. The van der Waals surface area contributed by atoms with Gasteiger partial charge in [-0.1, -0.05) is 6.07 Å². The second-order valence-electron chi connectivity index (χ2n) is 3.65. The largest absolute Gasteiger partial charge is 0.416 e. The van der Waals surface area contributed by atoms with E-state index in [4.69, 9.17) is 0 Å². The second-order valence-corrected chi connectivity index (χ2v) is 3.65. The van der Waals surface area contributed by atoms with E-state index in [1.165, 1.54) is 0 Å². The molecule has 0 unspecified atom stereocenters. The molecule has 0 heterocycles. The Morgan fingerprint density at radius 3 is 2.06 bits per heavy atom. The van der Waals surface area contributed by atoms with Crippen molar-refractivity contribution < 1.29 is 22.0 Å². The second kappa shape index (κ2) is 4.40. The summed E-state index contributed by atoms with van der Waals surface area (Å²) in [5, 5.41) is 0. The molecule has 18 heavy (non-hydrogen) atoms. The summed E-state index contributed by atoms with van der Waals surface area (Å²) in [6.45, 7) is 0. The zero-order valence-electron chi connectivity index (χ0n) is 8.85. The molecule has 0 saturated carbocycles. The fourth-order valence-corrected chi connectivity index (χ4v) is 1.52. The van der Waals surface area contributed by atoms with Gasteiger partial charge in [-0.3, -0.25) is 0 Å². The molecule has 0 aliphatic carbocycles. The summed E-state index contributed by atoms with van der Waals surface area (Å²) in [7, 11) is 0. The monoisotopic (exact) mass is 257 g/mol. The van der Waals surface area contributed by atoms with Crippen LogP contribution in [0.5, 0.6) is 0 Å². The molecule has 0 spiro atoms. The van der Waals surface area contributed by atoms with E-state index in [2.05, 4.69) is 6.07 Å². The van der Waals surface area contributed by atoms with Gasteiger partial charge in [0.15, 0.2) is 0 Å². The molecule has 0 aromatic heterocycles. The van der Waals surface area contributed by atoms with E-state index >= 15 is 0 Å². The first-order valence-electron chi connectivity index (χ1n) is 4.91. The molecular weight excluding hydrogens is 251 g/mol. The molecule has 0 amide bonds. The Morgan fingerprint density at radius 2 is 1.50 bits per heavy atom. The number of rotatable bonds is 1. The molecular formula is C13H6F5. The molecule has 0 N–H and O–H groups in total. The van der Waals surface area contributed by atoms with Crippen molar-refractivity contribution in [1.29, 1.82) is 0 Å².